The van der Waals surface area contributed by atoms with Crippen molar-refractivity contribution in [2.75, 3.05) is 19.1 Å². The third-order valence-corrected chi connectivity index (χ3v) is 6.95. The molecule has 42 heavy (non-hydrogen) atoms. The minimum atomic E-state index is -1.04. The van der Waals surface area contributed by atoms with E-state index in [-0.39, 0.29) is 49.2 Å². The van der Waals surface area contributed by atoms with Crippen LogP contribution in [0.2, 0.25) is 0 Å². The van der Waals surface area contributed by atoms with Crippen LogP contribution in [0.25, 0.3) is 0 Å². The number of carbonyl (C=O) groups is 5. The van der Waals surface area contributed by atoms with Gasteiger partial charge in [0.25, 0.3) is 0 Å². The van der Waals surface area contributed by atoms with Crippen LogP contribution in [-0.2, 0) is 36.9 Å². The topological polar surface area (TPSA) is 143 Å². The zero-order chi connectivity index (χ0) is 30.9. The molecule has 0 aliphatic heterocycles. The lowest BCUT2D eigenvalue weighted by Crippen LogP contribution is -2.56. The van der Waals surface area contributed by atoms with Crippen molar-refractivity contribution in [3.05, 3.63) is 71.8 Å². The first-order valence-corrected chi connectivity index (χ1v) is 15.4. The summed E-state index contributed by atoms with van der Waals surface area (Å²) in [5.41, 5.74) is 1.60. The number of ketones is 1. The van der Waals surface area contributed by atoms with Crippen LogP contribution in [0.3, 0.4) is 0 Å². The fraction of sp³-hybridized carbons (Fsp3) is 0.452. The van der Waals surface area contributed by atoms with E-state index in [9.17, 15) is 24.0 Å². The van der Waals surface area contributed by atoms with E-state index >= 15 is 0 Å². The van der Waals surface area contributed by atoms with Gasteiger partial charge in [0, 0.05) is 19.9 Å². The zero-order valence-electron chi connectivity index (χ0n) is 24.7. The van der Waals surface area contributed by atoms with Gasteiger partial charge in [-0.25, -0.2) is 4.79 Å². The Hall–Kier alpha value is -3.86. The van der Waals surface area contributed by atoms with E-state index in [1.54, 1.807) is 6.26 Å². The molecule has 4 N–H and O–H groups in total. The number of thioether (sulfide) groups is 1. The van der Waals surface area contributed by atoms with Crippen molar-refractivity contribution in [1.29, 1.82) is 0 Å². The van der Waals surface area contributed by atoms with E-state index in [0.29, 0.717) is 6.42 Å². The quantitative estimate of drug-likeness (QED) is 0.219. The number of alkyl carbamates (subject to hydrolysis) is 1. The first-order chi connectivity index (χ1) is 20.1. The molecule has 2 aromatic carbocycles. The van der Waals surface area contributed by atoms with Gasteiger partial charge >= 0.3 is 6.09 Å². The van der Waals surface area contributed by atoms with Crippen molar-refractivity contribution in [3.8, 4) is 0 Å². The Morgan fingerprint density at radius 1 is 0.786 bits per heavy atom. The molecule has 2 rings (SSSR count). The van der Waals surface area contributed by atoms with Crippen molar-refractivity contribution < 1.29 is 28.7 Å². The second kappa shape index (κ2) is 18.5. The minimum absolute atomic E-state index is 0.0449. The Morgan fingerprint density at radius 3 is 1.93 bits per heavy atom. The monoisotopic (exact) mass is 598 g/mol. The Bertz CT molecular complexity index is 1160. The predicted octanol–water partition coefficient (Wildman–Crippen LogP) is 3.00. The summed E-state index contributed by atoms with van der Waals surface area (Å²) in [6.45, 7) is 3.88. The van der Waals surface area contributed by atoms with Gasteiger partial charge in [0.05, 0.1) is 11.8 Å². The molecule has 3 atom stereocenters. The van der Waals surface area contributed by atoms with Gasteiger partial charge in [0.2, 0.25) is 17.7 Å². The van der Waals surface area contributed by atoms with Crippen LogP contribution >= 0.6 is 11.8 Å². The predicted molar refractivity (Wildman–Crippen MR) is 164 cm³/mol. The lowest BCUT2D eigenvalue weighted by Gasteiger charge is -2.26. The number of ether oxygens (including phenoxy) is 1. The molecule has 2 aromatic rings. The molecular weight excluding hydrogens is 556 g/mol. The molecule has 228 valence electrons. The number of benzene rings is 2. The summed E-state index contributed by atoms with van der Waals surface area (Å²) in [5.74, 6) is -1.35. The average Bonchev–Trinajstić information content (AvgIpc) is 2.98. The molecule has 0 fully saturated rings. The maximum absolute atomic E-state index is 13.5. The molecule has 0 unspecified atom stereocenters. The third-order valence-electron chi connectivity index (χ3n) is 6.37. The summed E-state index contributed by atoms with van der Waals surface area (Å²) >= 11 is 1.32. The highest BCUT2D eigenvalue weighted by atomic mass is 32.2. The van der Waals surface area contributed by atoms with Crippen molar-refractivity contribution in [1.82, 2.24) is 21.3 Å². The second-order valence-corrected chi connectivity index (χ2v) is 11.2. The van der Waals surface area contributed by atoms with Gasteiger partial charge in [-0.1, -0.05) is 74.5 Å². The molecule has 0 spiro atoms. The second-order valence-electron chi connectivity index (χ2n) is 10.3. The maximum Gasteiger partial charge on any atom is 0.408 e. The highest BCUT2D eigenvalue weighted by molar-refractivity contribution is 7.99. The van der Waals surface area contributed by atoms with Gasteiger partial charge in [-0.3, -0.25) is 19.2 Å². The molecule has 4 amide bonds. The van der Waals surface area contributed by atoms with Gasteiger partial charge in [0.1, 0.15) is 18.7 Å². The molecule has 0 bridgehead atoms. The molecule has 0 saturated carbocycles. The molecule has 0 aliphatic rings. The highest BCUT2D eigenvalue weighted by Gasteiger charge is 2.30. The van der Waals surface area contributed by atoms with Gasteiger partial charge in [-0.2, -0.15) is 11.8 Å². The van der Waals surface area contributed by atoms with Crippen molar-refractivity contribution in [2.45, 2.75) is 64.3 Å². The average molecular weight is 599 g/mol. The van der Waals surface area contributed by atoms with E-state index in [1.165, 1.54) is 18.8 Å². The summed E-state index contributed by atoms with van der Waals surface area (Å²) in [7, 11) is 1.50. The molecule has 0 heterocycles. The summed E-state index contributed by atoms with van der Waals surface area (Å²) in [4.78, 5) is 64.2. The largest absolute Gasteiger partial charge is 0.445 e. The fourth-order valence-electron chi connectivity index (χ4n) is 4.17. The highest BCUT2D eigenvalue weighted by Crippen LogP contribution is 2.11. The van der Waals surface area contributed by atoms with E-state index in [0.717, 1.165) is 11.1 Å². The van der Waals surface area contributed by atoms with Gasteiger partial charge < -0.3 is 26.0 Å². The smallest absolute Gasteiger partial charge is 0.408 e. The van der Waals surface area contributed by atoms with E-state index in [1.807, 2.05) is 74.5 Å². The summed E-state index contributed by atoms with van der Waals surface area (Å²) in [5, 5.41) is 10.7. The van der Waals surface area contributed by atoms with Crippen molar-refractivity contribution >= 4 is 41.4 Å². The van der Waals surface area contributed by atoms with E-state index < -0.39 is 36.0 Å². The number of carbonyl (C=O) groups excluding carboxylic acids is 5. The fourth-order valence-corrected chi connectivity index (χ4v) is 4.66. The lowest BCUT2D eigenvalue weighted by atomic mass is 10.0. The van der Waals surface area contributed by atoms with Crippen LogP contribution in [0.5, 0.6) is 0 Å². The Balaban J connectivity index is 2.20. The van der Waals surface area contributed by atoms with Crippen molar-refractivity contribution in [2.24, 2.45) is 5.92 Å². The van der Waals surface area contributed by atoms with Gasteiger partial charge in [0.15, 0.2) is 5.78 Å². The Morgan fingerprint density at radius 2 is 1.36 bits per heavy atom. The SMILES string of the molecule is CNC(=O)CC[C@H](NC(=O)[C@H](Cc1ccccc1)NC(=O)[C@H](CC(C)C)NC(=O)OCc1ccccc1)C(=O)CSC. The van der Waals surface area contributed by atoms with Crippen LogP contribution in [-0.4, -0.2) is 66.8 Å². The van der Waals surface area contributed by atoms with Gasteiger partial charge in [-0.05, 0) is 36.1 Å². The minimum Gasteiger partial charge on any atom is -0.445 e. The lowest BCUT2D eigenvalue weighted by molar-refractivity contribution is -0.132. The van der Waals surface area contributed by atoms with E-state index in [2.05, 4.69) is 21.3 Å². The van der Waals surface area contributed by atoms with Crippen LogP contribution in [0.4, 0.5) is 4.79 Å². The number of rotatable bonds is 17. The normalized spacial score (nSPS) is 12.9. The van der Waals surface area contributed by atoms with Crippen LogP contribution in [0, 0.1) is 5.92 Å². The number of nitrogens with one attached hydrogen (secondary N) is 4. The zero-order valence-corrected chi connectivity index (χ0v) is 25.5. The molecule has 10 nitrogen and oxygen atoms in total. The summed E-state index contributed by atoms with van der Waals surface area (Å²) in [6.07, 6.45) is 1.68. The first kappa shape index (κ1) is 34.3. The number of hydrogen-bond donors (Lipinski definition) is 4. The number of hydrogen-bond acceptors (Lipinski definition) is 7. The van der Waals surface area contributed by atoms with Crippen molar-refractivity contribution in [3.63, 3.8) is 0 Å². The summed E-state index contributed by atoms with van der Waals surface area (Å²) < 4.78 is 5.31. The molecular formula is C31H42N4O6S. The molecule has 0 radical (unpaired) electrons. The number of amides is 4. The standard InChI is InChI=1S/C31H42N4O6S/c1-21(2)17-25(35-31(40)41-19-23-13-9-6-10-14-23)29(38)34-26(18-22-11-7-5-8-12-22)30(39)33-24(27(36)20-42-4)15-16-28(37)32-3/h5-14,21,24-26H,15-20H2,1-4H3,(H,32,37)(H,33,39)(H,34,38)(H,35,40)/t24-,25-,26-/m0/s1. The molecule has 0 saturated heterocycles. The molecule has 11 heteroatoms. The molecule has 0 aliphatic carbocycles. The number of Topliss-reactive ketones (excluding diaryl/α,β-unsaturated/α-hetero) is 1. The maximum atomic E-state index is 13.5. The Kier molecular flexibility index (Phi) is 15.2. The molecule has 0 aromatic heterocycles. The third kappa shape index (κ3) is 12.8. The Labute approximate surface area is 252 Å². The first-order valence-electron chi connectivity index (χ1n) is 14.0. The van der Waals surface area contributed by atoms with Crippen LogP contribution in [0.1, 0.15) is 44.2 Å². The van der Waals surface area contributed by atoms with Gasteiger partial charge in [-0.15, -0.1) is 0 Å². The van der Waals surface area contributed by atoms with Crippen LogP contribution in [0.15, 0.2) is 60.7 Å². The summed E-state index contributed by atoms with van der Waals surface area (Å²) in [6, 6.07) is 15.4. The van der Waals surface area contributed by atoms with Crippen LogP contribution < -0.4 is 21.3 Å². The van der Waals surface area contributed by atoms with E-state index in [4.69, 9.17) is 4.74 Å².